The summed E-state index contributed by atoms with van der Waals surface area (Å²) in [6.45, 7) is -0.321. The number of hydrogen-bond donors (Lipinski definition) is 3. The van der Waals surface area contributed by atoms with Gasteiger partial charge >= 0.3 is 118 Å². The van der Waals surface area contributed by atoms with Gasteiger partial charge in [-0.3, -0.25) is 0 Å². The first kappa shape index (κ1) is 14.2. The third-order valence-corrected chi connectivity index (χ3v) is 8.48. The van der Waals surface area contributed by atoms with Crippen molar-refractivity contribution in [2.75, 3.05) is 6.61 Å². The van der Waals surface area contributed by atoms with Crippen LogP contribution in [-0.4, -0.2) is 38.6 Å². The molecule has 1 aliphatic heterocycles. The number of nitrogens with zero attached hydrogens (tertiary/aromatic N) is 1. The van der Waals surface area contributed by atoms with E-state index < -0.39 is 53.0 Å². The molecule has 96 valence electrons. The molecule has 0 radical (unpaired) electrons. The van der Waals surface area contributed by atoms with Gasteiger partial charge in [0.2, 0.25) is 0 Å². The first-order valence-corrected chi connectivity index (χ1v) is 14.9. The monoisotopic (exact) mass is 464 g/mol. The number of nitrogens with one attached hydrogen (secondary N) is 1. The van der Waals surface area contributed by atoms with E-state index in [4.69, 9.17) is 18.1 Å². The van der Waals surface area contributed by atoms with Gasteiger partial charge in [0.25, 0.3) is 0 Å². The third-order valence-electron chi connectivity index (χ3n) is 2.88. The molecule has 9 heteroatoms. The molecule has 2 heterocycles. The van der Waals surface area contributed by atoms with Crippen LogP contribution in [0.25, 0.3) is 0 Å². The second kappa shape index (κ2) is 5.83. The van der Waals surface area contributed by atoms with E-state index in [1.165, 1.54) is 10.8 Å². The Kier molecular flexibility index (Phi) is 4.60. The molecule has 0 bridgehead atoms. The molecule has 0 amide bonds. The molecule has 1 aromatic heterocycles. The minimum atomic E-state index is -1.95. The van der Waals surface area contributed by atoms with E-state index in [2.05, 4.69) is 4.98 Å². The molecule has 2 rings (SSSR count). The van der Waals surface area contributed by atoms with E-state index in [1.807, 2.05) is 0 Å². The molecule has 1 aliphatic rings. The second-order valence-corrected chi connectivity index (χ2v) is 10.4. The Hall–Kier alpha value is -0.215. The van der Waals surface area contributed by atoms with Gasteiger partial charge in [0.05, 0.1) is 0 Å². The van der Waals surface area contributed by atoms with Gasteiger partial charge in [0.1, 0.15) is 0 Å². The maximum absolute atomic E-state index is 11.7. The number of aliphatic hydroxyl groups is 2. The number of H-pyrrole nitrogens is 1. The summed E-state index contributed by atoms with van der Waals surface area (Å²) in [6, 6.07) is 0. The zero-order valence-electron chi connectivity index (χ0n) is 9.38. The molecule has 0 saturated carbocycles. The Balaban J connectivity index is 2.35. The number of rotatable bonds is 3. The molecule has 3 unspecified atom stereocenters. The first-order chi connectivity index (χ1) is 8.56. The molecule has 0 aromatic carbocycles. The van der Waals surface area contributed by atoms with Crippen LogP contribution in [0.2, 0.25) is 0 Å². The normalized spacial score (nSPS) is 27.2. The summed E-state index contributed by atoms with van der Waals surface area (Å²) < 4.78 is 7.03. The second-order valence-electron chi connectivity index (χ2n) is 4.07. The summed E-state index contributed by atoms with van der Waals surface area (Å²) in [5, 5.41) is 18.6. The fraction of sp³-hybridized carbons (Fsp3) is 0.556. The van der Waals surface area contributed by atoms with Crippen LogP contribution in [-0.2, 0) is 28.1 Å². The predicted octanol–water partition coefficient (Wildman–Crippen LogP) is -1.96. The molecule has 0 spiro atoms. The van der Waals surface area contributed by atoms with Crippen molar-refractivity contribution in [2.24, 2.45) is 0 Å². The number of aromatic nitrogens is 2. The Morgan fingerprint density at radius 2 is 2.33 bits per heavy atom. The van der Waals surface area contributed by atoms with Crippen LogP contribution in [0, 0.1) is 0 Å². The number of hydrogen-bond acceptors (Lipinski definition) is 5. The van der Waals surface area contributed by atoms with E-state index >= 15 is 0 Å². The average molecular weight is 463 g/mol. The molecule has 0 aliphatic carbocycles. The van der Waals surface area contributed by atoms with Crippen molar-refractivity contribution in [1.29, 1.82) is 0 Å². The molecule has 3 atom stereocenters. The number of halogens is 1. The predicted molar refractivity (Wildman–Crippen MR) is 58.4 cm³/mol. The van der Waals surface area contributed by atoms with Crippen LogP contribution in [0.3, 0.4) is 0 Å². The van der Waals surface area contributed by atoms with Gasteiger partial charge in [0, 0.05) is 0 Å². The summed E-state index contributed by atoms with van der Waals surface area (Å²) in [5.74, 6) is 0. The van der Waals surface area contributed by atoms with Gasteiger partial charge in [-0.2, -0.15) is 0 Å². The van der Waals surface area contributed by atoms with Crippen molar-refractivity contribution in [3.63, 3.8) is 0 Å². The van der Waals surface area contributed by atoms with Gasteiger partial charge in [-0.05, 0) is 0 Å². The summed E-state index contributed by atoms with van der Waals surface area (Å²) in [5.41, 5.74) is -1.04. The van der Waals surface area contributed by atoms with Crippen LogP contribution in [0.4, 0.5) is 0 Å². The molecular formula is C9H11ClHgN2O5. The van der Waals surface area contributed by atoms with E-state index in [-0.39, 0.29) is 13.0 Å². The number of ether oxygens (including phenoxy) is 1. The topological polar surface area (TPSA) is 105 Å². The molecule has 3 N–H and O–H groups in total. The molecule has 1 fully saturated rings. The van der Waals surface area contributed by atoms with Gasteiger partial charge in [-0.15, -0.1) is 0 Å². The molecule has 18 heavy (non-hydrogen) atoms. The number of aromatic amines is 1. The third kappa shape index (κ3) is 2.69. The van der Waals surface area contributed by atoms with Gasteiger partial charge in [0.15, 0.2) is 0 Å². The van der Waals surface area contributed by atoms with Crippen molar-refractivity contribution in [3.8, 4) is 0 Å². The molecule has 7 nitrogen and oxygen atoms in total. The van der Waals surface area contributed by atoms with E-state index in [0.29, 0.717) is 3.07 Å². The Bertz CT molecular complexity index is 544. The Labute approximate surface area is 117 Å². The minimum absolute atomic E-state index is 0.190. The van der Waals surface area contributed by atoms with Gasteiger partial charge in [-0.25, -0.2) is 0 Å². The summed E-state index contributed by atoms with van der Waals surface area (Å²) in [6.07, 6.45) is -0.625. The quantitative estimate of drug-likeness (QED) is 0.452. The van der Waals surface area contributed by atoms with E-state index in [1.54, 1.807) is 0 Å². The van der Waals surface area contributed by atoms with E-state index in [0.717, 1.165) is 0 Å². The average Bonchev–Trinajstić information content (AvgIpc) is 2.70. The Morgan fingerprint density at radius 3 is 2.89 bits per heavy atom. The maximum atomic E-state index is 11.7. The molecular weight excluding hydrogens is 452 g/mol. The van der Waals surface area contributed by atoms with Gasteiger partial charge in [-0.1, -0.05) is 0 Å². The SMILES string of the molecule is O=c1[nH]c(=O)n(C2CC(O)C(CO)O2)c[c]1[Hg][Cl]. The zero-order chi connectivity index (χ0) is 13.3. The van der Waals surface area contributed by atoms with Crippen LogP contribution < -0.4 is 14.3 Å². The van der Waals surface area contributed by atoms with Gasteiger partial charge < -0.3 is 0 Å². The fourth-order valence-corrected chi connectivity index (χ4v) is 5.41. The van der Waals surface area contributed by atoms with Crippen molar-refractivity contribution < 1.29 is 38.3 Å². The number of aliphatic hydroxyl groups excluding tert-OH is 2. The van der Waals surface area contributed by atoms with E-state index in [9.17, 15) is 14.7 Å². The van der Waals surface area contributed by atoms with Crippen LogP contribution in [0.5, 0.6) is 0 Å². The zero-order valence-corrected chi connectivity index (χ0v) is 15.6. The standard InChI is InChI=1S/C9H11N2O5.ClH.Hg/c12-4-6-5(13)3-8(16-6)11-2-1-7(14)10-9(11)15;;/h2,5-6,8,12-13H,3-4H2,(H,10,14,15);1H;/q;;+1/p-1. The van der Waals surface area contributed by atoms with Crippen molar-refractivity contribution in [2.45, 2.75) is 24.9 Å². The van der Waals surface area contributed by atoms with Crippen LogP contribution in [0.15, 0.2) is 15.8 Å². The van der Waals surface area contributed by atoms with Crippen LogP contribution in [0.1, 0.15) is 12.6 Å². The van der Waals surface area contributed by atoms with Crippen molar-refractivity contribution in [1.82, 2.24) is 9.55 Å². The molecule has 1 saturated heterocycles. The first-order valence-electron chi connectivity index (χ1n) is 5.41. The van der Waals surface area contributed by atoms with Crippen LogP contribution >= 0.6 is 8.25 Å². The van der Waals surface area contributed by atoms with Crippen molar-refractivity contribution >= 4 is 11.3 Å². The van der Waals surface area contributed by atoms with Crippen molar-refractivity contribution in [3.05, 3.63) is 27.0 Å². The molecule has 1 aromatic rings. The fourth-order valence-electron chi connectivity index (χ4n) is 1.89. The Morgan fingerprint density at radius 1 is 1.61 bits per heavy atom. The summed E-state index contributed by atoms with van der Waals surface area (Å²) in [4.78, 5) is 25.2. The summed E-state index contributed by atoms with van der Waals surface area (Å²) in [7, 11) is 5.80. The summed E-state index contributed by atoms with van der Waals surface area (Å²) >= 11 is -1.95.